The molecular weight excluding hydrogens is 326 g/mol. The highest BCUT2D eigenvalue weighted by Crippen LogP contribution is 2.36. The van der Waals surface area contributed by atoms with Crippen LogP contribution in [0.3, 0.4) is 0 Å². The summed E-state index contributed by atoms with van der Waals surface area (Å²) in [6.45, 7) is -0.321. The van der Waals surface area contributed by atoms with Gasteiger partial charge in [-0.3, -0.25) is 0 Å². The third-order valence-electron chi connectivity index (χ3n) is 2.73. The van der Waals surface area contributed by atoms with Crippen molar-refractivity contribution in [2.24, 2.45) is 0 Å². The van der Waals surface area contributed by atoms with Gasteiger partial charge in [-0.1, -0.05) is 35.3 Å². The van der Waals surface area contributed by atoms with Gasteiger partial charge in [0.1, 0.15) is 6.61 Å². The third kappa shape index (κ3) is 3.74. The SMILES string of the molecule is Nc1ccc(COc2c(Cl)cccc2Cl)c(C(F)(F)F)c1. The molecule has 0 atom stereocenters. The number of rotatable bonds is 3. The number of benzene rings is 2. The van der Waals surface area contributed by atoms with E-state index in [1.165, 1.54) is 24.3 Å². The summed E-state index contributed by atoms with van der Waals surface area (Å²) in [6, 6.07) is 8.20. The van der Waals surface area contributed by atoms with Crippen LogP contribution < -0.4 is 10.5 Å². The Kier molecular flexibility index (Phi) is 4.54. The number of alkyl halides is 3. The quantitative estimate of drug-likeness (QED) is 0.785. The third-order valence-corrected chi connectivity index (χ3v) is 3.33. The van der Waals surface area contributed by atoms with Crippen molar-refractivity contribution in [2.75, 3.05) is 5.73 Å². The van der Waals surface area contributed by atoms with Gasteiger partial charge in [-0.2, -0.15) is 13.2 Å². The molecule has 0 radical (unpaired) electrons. The predicted octanol–water partition coefficient (Wildman–Crippen LogP) is 5.17. The molecule has 7 heteroatoms. The van der Waals surface area contributed by atoms with Gasteiger partial charge in [-0.25, -0.2) is 0 Å². The fraction of sp³-hybridized carbons (Fsp3) is 0.143. The topological polar surface area (TPSA) is 35.2 Å². The minimum atomic E-state index is -4.52. The maximum Gasteiger partial charge on any atom is 0.416 e. The van der Waals surface area contributed by atoms with Gasteiger partial charge < -0.3 is 10.5 Å². The normalized spacial score (nSPS) is 11.5. The molecule has 2 aromatic carbocycles. The molecule has 0 saturated carbocycles. The molecule has 0 heterocycles. The second-order valence-electron chi connectivity index (χ2n) is 4.25. The van der Waals surface area contributed by atoms with Gasteiger partial charge in [0.15, 0.2) is 5.75 Å². The van der Waals surface area contributed by atoms with Crippen LogP contribution in [0.4, 0.5) is 18.9 Å². The number of nitrogens with two attached hydrogens (primary N) is 1. The zero-order chi connectivity index (χ0) is 15.6. The van der Waals surface area contributed by atoms with Crippen molar-refractivity contribution in [2.45, 2.75) is 12.8 Å². The summed E-state index contributed by atoms with van der Waals surface area (Å²) in [6.07, 6.45) is -4.52. The van der Waals surface area contributed by atoms with Crippen molar-refractivity contribution in [1.82, 2.24) is 0 Å². The zero-order valence-corrected chi connectivity index (χ0v) is 12.1. The highest BCUT2D eigenvalue weighted by Gasteiger charge is 2.33. The van der Waals surface area contributed by atoms with Crippen LogP contribution in [-0.4, -0.2) is 0 Å². The van der Waals surface area contributed by atoms with Crippen LogP contribution in [0, 0.1) is 0 Å². The summed E-state index contributed by atoms with van der Waals surface area (Å²) in [5, 5.41) is 0.456. The van der Waals surface area contributed by atoms with Crippen molar-refractivity contribution in [3.05, 3.63) is 57.6 Å². The Morgan fingerprint density at radius 3 is 2.24 bits per heavy atom. The van der Waals surface area contributed by atoms with Gasteiger partial charge in [-0.05, 0) is 24.3 Å². The lowest BCUT2D eigenvalue weighted by atomic mass is 10.1. The van der Waals surface area contributed by atoms with Crippen molar-refractivity contribution in [3.63, 3.8) is 0 Å². The predicted molar refractivity (Wildman–Crippen MR) is 76.7 cm³/mol. The monoisotopic (exact) mass is 335 g/mol. The highest BCUT2D eigenvalue weighted by molar-refractivity contribution is 6.37. The Bertz CT molecular complexity index is 639. The van der Waals surface area contributed by atoms with Crippen LogP contribution >= 0.6 is 23.2 Å². The molecule has 2 rings (SSSR count). The second kappa shape index (κ2) is 6.03. The van der Waals surface area contributed by atoms with Crippen LogP contribution in [0.15, 0.2) is 36.4 Å². The number of halogens is 5. The van der Waals surface area contributed by atoms with Crippen molar-refractivity contribution < 1.29 is 17.9 Å². The lowest BCUT2D eigenvalue weighted by Gasteiger charge is -2.15. The molecule has 0 aromatic heterocycles. The van der Waals surface area contributed by atoms with Crippen LogP contribution in [-0.2, 0) is 12.8 Å². The van der Waals surface area contributed by atoms with E-state index in [2.05, 4.69) is 0 Å². The number of para-hydroxylation sites is 1. The van der Waals surface area contributed by atoms with Crippen LogP contribution in [0.5, 0.6) is 5.75 Å². The van der Waals surface area contributed by atoms with Gasteiger partial charge >= 0.3 is 6.18 Å². The summed E-state index contributed by atoms with van der Waals surface area (Å²) in [7, 11) is 0. The zero-order valence-electron chi connectivity index (χ0n) is 10.5. The Morgan fingerprint density at radius 2 is 1.67 bits per heavy atom. The molecule has 0 fully saturated rings. The fourth-order valence-corrected chi connectivity index (χ4v) is 2.26. The van der Waals surface area contributed by atoms with Crippen molar-refractivity contribution in [3.8, 4) is 5.75 Å². The number of hydrogen-bond donors (Lipinski definition) is 1. The molecule has 0 bridgehead atoms. The molecule has 0 saturated heterocycles. The van der Waals surface area contributed by atoms with E-state index in [4.69, 9.17) is 33.7 Å². The lowest BCUT2D eigenvalue weighted by Crippen LogP contribution is -2.11. The van der Waals surface area contributed by atoms with E-state index in [1.54, 1.807) is 6.07 Å². The first-order valence-electron chi connectivity index (χ1n) is 5.81. The molecule has 21 heavy (non-hydrogen) atoms. The molecule has 0 amide bonds. The summed E-state index contributed by atoms with van der Waals surface area (Å²) in [4.78, 5) is 0. The van der Waals surface area contributed by atoms with Crippen molar-refractivity contribution >= 4 is 28.9 Å². The molecule has 2 nitrogen and oxygen atoms in total. The summed E-state index contributed by atoms with van der Waals surface area (Å²) >= 11 is 11.8. The minimum Gasteiger partial charge on any atom is -0.486 e. The first kappa shape index (κ1) is 15.8. The molecule has 0 spiro atoms. The average molecular weight is 336 g/mol. The van der Waals surface area contributed by atoms with Gasteiger partial charge in [0.2, 0.25) is 0 Å². The van der Waals surface area contributed by atoms with Crippen LogP contribution in [0.1, 0.15) is 11.1 Å². The highest BCUT2D eigenvalue weighted by atomic mass is 35.5. The van der Waals surface area contributed by atoms with Crippen LogP contribution in [0.2, 0.25) is 10.0 Å². The Balaban J connectivity index is 2.29. The summed E-state index contributed by atoms with van der Waals surface area (Å²) in [5.41, 5.74) is 4.54. The van der Waals surface area contributed by atoms with E-state index in [0.29, 0.717) is 0 Å². The van der Waals surface area contributed by atoms with Crippen molar-refractivity contribution in [1.29, 1.82) is 0 Å². The van der Waals surface area contributed by atoms with E-state index in [-0.39, 0.29) is 33.7 Å². The molecular formula is C14H10Cl2F3NO. The second-order valence-corrected chi connectivity index (χ2v) is 5.07. The molecule has 112 valence electrons. The van der Waals surface area contributed by atoms with Gasteiger partial charge in [0, 0.05) is 11.3 Å². The van der Waals surface area contributed by atoms with E-state index in [1.807, 2.05) is 0 Å². The first-order valence-corrected chi connectivity index (χ1v) is 6.57. The van der Waals surface area contributed by atoms with E-state index >= 15 is 0 Å². The number of anilines is 1. The summed E-state index contributed by atoms with van der Waals surface area (Å²) in [5.74, 6) is 0.144. The van der Waals surface area contributed by atoms with Gasteiger partial charge in [-0.15, -0.1) is 0 Å². The fourth-order valence-electron chi connectivity index (χ4n) is 1.75. The van der Waals surface area contributed by atoms with Gasteiger partial charge in [0.05, 0.1) is 15.6 Å². The maximum absolute atomic E-state index is 12.9. The van der Waals surface area contributed by atoms with E-state index in [9.17, 15) is 13.2 Å². The largest absolute Gasteiger partial charge is 0.486 e. The molecule has 0 aliphatic carbocycles. The number of ether oxygens (including phenoxy) is 1. The Hall–Kier alpha value is -1.59. The smallest absolute Gasteiger partial charge is 0.416 e. The minimum absolute atomic E-state index is 0.0295. The molecule has 0 aliphatic heterocycles. The van der Waals surface area contributed by atoms with E-state index < -0.39 is 11.7 Å². The molecule has 0 aliphatic rings. The van der Waals surface area contributed by atoms with Crippen LogP contribution in [0.25, 0.3) is 0 Å². The lowest BCUT2D eigenvalue weighted by molar-refractivity contribution is -0.138. The van der Waals surface area contributed by atoms with E-state index in [0.717, 1.165) is 6.07 Å². The standard InChI is InChI=1S/C14H10Cl2F3NO/c15-11-2-1-3-12(16)13(11)21-7-8-4-5-9(20)6-10(8)14(17,18)19/h1-6H,7,20H2. The van der Waals surface area contributed by atoms with Gasteiger partial charge in [0.25, 0.3) is 0 Å². The molecule has 2 aromatic rings. The summed E-state index contributed by atoms with van der Waals surface area (Å²) < 4.78 is 44.2. The average Bonchev–Trinajstić information content (AvgIpc) is 2.38. The molecule has 0 unspecified atom stereocenters. The number of nitrogen functional groups attached to an aromatic ring is 1. The Morgan fingerprint density at radius 1 is 1.05 bits per heavy atom. The number of hydrogen-bond acceptors (Lipinski definition) is 2. The Labute approximate surface area is 129 Å². The first-order chi connectivity index (χ1) is 9.79. The maximum atomic E-state index is 12.9. The molecule has 2 N–H and O–H groups in total.